The predicted molar refractivity (Wildman–Crippen MR) is 87.4 cm³/mol. The van der Waals surface area contributed by atoms with Gasteiger partial charge in [0.1, 0.15) is 17.7 Å². The van der Waals surface area contributed by atoms with Crippen LogP contribution in [0.2, 0.25) is 0 Å². The van der Waals surface area contributed by atoms with Crippen LogP contribution in [0.5, 0.6) is 0 Å². The zero-order valence-corrected chi connectivity index (χ0v) is 13.3. The Morgan fingerprint density at radius 2 is 1.96 bits per heavy atom. The van der Waals surface area contributed by atoms with Gasteiger partial charge in [-0.25, -0.2) is 9.97 Å². The Hall–Kier alpha value is -2.47. The Balaban J connectivity index is 1.75. The Morgan fingerprint density at radius 1 is 1.22 bits per heavy atom. The van der Waals surface area contributed by atoms with E-state index in [1.807, 2.05) is 43.3 Å². The maximum atomic E-state index is 11.5. The van der Waals surface area contributed by atoms with Gasteiger partial charge in [0.05, 0.1) is 18.8 Å². The fraction of sp³-hybridized carbons (Fsp3) is 0.353. The summed E-state index contributed by atoms with van der Waals surface area (Å²) in [6.07, 6.45) is -0.195. The van der Waals surface area contributed by atoms with Gasteiger partial charge in [0.15, 0.2) is 0 Å². The largest absolute Gasteiger partial charge is 0.368 e. The molecule has 1 saturated heterocycles. The van der Waals surface area contributed by atoms with E-state index in [1.165, 1.54) is 0 Å². The number of nitrogens with one attached hydrogen (secondary N) is 1. The van der Waals surface area contributed by atoms with Gasteiger partial charge in [-0.05, 0) is 31.2 Å². The third-order valence-corrected chi connectivity index (χ3v) is 3.76. The van der Waals surface area contributed by atoms with E-state index in [1.54, 1.807) is 11.8 Å². The van der Waals surface area contributed by atoms with Crippen LogP contribution in [0.25, 0.3) is 0 Å². The first-order valence-corrected chi connectivity index (χ1v) is 7.66. The third-order valence-electron chi connectivity index (χ3n) is 3.76. The van der Waals surface area contributed by atoms with Gasteiger partial charge in [-0.3, -0.25) is 4.79 Å². The molecule has 0 aliphatic carbocycles. The van der Waals surface area contributed by atoms with Gasteiger partial charge in [-0.1, -0.05) is 12.1 Å². The van der Waals surface area contributed by atoms with Crippen molar-refractivity contribution in [2.45, 2.75) is 20.0 Å². The molecule has 0 aromatic carbocycles. The van der Waals surface area contributed by atoms with Gasteiger partial charge >= 0.3 is 0 Å². The smallest absolute Gasteiger partial charge is 0.219 e. The molecule has 1 N–H and O–H groups in total. The first-order chi connectivity index (χ1) is 11.1. The highest BCUT2D eigenvalue weighted by molar-refractivity contribution is 5.73. The molecule has 2 aromatic heterocycles. The molecule has 3 rings (SSSR count). The molecule has 120 valence electrons. The molecule has 1 fully saturated rings. The fourth-order valence-corrected chi connectivity index (χ4v) is 2.56. The van der Waals surface area contributed by atoms with Crippen molar-refractivity contribution in [3.8, 4) is 0 Å². The molecule has 2 aromatic rings. The minimum Gasteiger partial charge on any atom is -0.368 e. The van der Waals surface area contributed by atoms with E-state index in [4.69, 9.17) is 4.74 Å². The van der Waals surface area contributed by atoms with Crippen molar-refractivity contribution < 1.29 is 9.53 Å². The first-order valence-electron chi connectivity index (χ1n) is 7.66. The standard InChI is InChI=1S/C17H20N4O2/c1-12-5-3-7-16(18-12)20-17-8-4-6-14(19-17)15-11-21(13(2)22)9-10-23-15/h3-8,15H,9-11H2,1-2H3,(H,18,19,20)/t15-/m0/s1. The van der Waals surface area contributed by atoms with E-state index < -0.39 is 0 Å². The molecule has 0 unspecified atom stereocenters. The predicted octanol–water partition coefficient (Wildman–Crippen LogP) is 2.45. The zero-order valence-electron chi connectivity index (χ0n) is 13.3. The summed E-state index contributed by atoms with van der Waals surface area (Å²) in [5.74, 6) is 1.53. The lowest BCUT2D eigenvalue weighted by Gasteiger charge is -2.32. The quantitative estimate of drug-likeness (QED) is 0.943. The first kappa shape index (κ1) is 15.4. The summed E-state index contributed by atoms with van der Waals surface area (Å²) < 4.78 is 5.77. The molecule has 0 spiro atoms. The summed E-state index contributed by atoms with van der Waals surface area (Å²) in [5, 5.41) is 3.20. The lowest BCUT2D eigenvalue weighted by molar-refractivity contribution is -0.136. The Kier molecular flexibility index (Phi) is 4.52. The highest BCUT2D eigenvalue weighted by atomic mass is 16.5. The Morgan fingerprint density at radius 3 is 2.70 bits per heavy atom. The monoisotopic (exact) mass is 312 g/mol. The minimum absolute atomic E-state index is 0.0662. The molecule has 6 heteroatoms. The summed E-state index contributed by atoms with van der Waals surface area (Å²) in [5.41, 5.74) is 1.76. The molecule has 23 heavy (non-hydrogen) atoms. The highest BCUT2D eigenvalue weighted by Gasteiger charge is 2.24. The number of anilines is 2. The number of carbonyl (C=O) groups is 1. The number of hydrogen-bond donors (Lipinski definition) is 1. The molecule has 1 atom stereocenters. The van der Waals surface area contributed by atoms with Crippen molar-refractivity contribution in [1.82, 2.24) is 14.9 Å². The molecule has 3 heterocycles. The zero-order chi connectivity index (χ0) is 16.2. The molecular weight excluding hydrogens is 292 g/mol. The normalized spacial score (nSPS) is 17.8. The summed E-state index contributed by atoms with van der Waals surface area (Å²) in [4.78, 5) is 22.3. The number of amides is 1. The Bertz CT molecular complexity index is 704. The van der Waals surface area contributed by atoms with E-state index in [-0.39, 0.29) is 12.0 Å². The summed E-state index contributed by atoms with van der Waals surface area (Å²) >= 11 is 0. The molecular formula is C17H20N4O2. The molecule has 1 amide bonds. The van der Waals surface area contributed by atoms with Gasteiger partial charge < -0.3 is 15.0 Å². The lowest BCUT2D eigenvalue weighted by Crippen LogP contribution is -2.41. The van der Waals surface area contributed by atoms with E-state index >= 15 is 0 Å². The van der Waals surface area contributed by atoms with Crippen LogP contribution < -0.4 is 5.32 Å². The second-order valence-corrected chi connectivity index (χ2v) is 5.56. The van der Waals surface area contributed by atoms with Crippen molar-refractivity contribution in [3.05, 3.63) is 47.8 Å². The van der Waals surface area contributed by atoms with Crippen LogP contribution in [-0.4, -0.2) is 40.5 Å². The number of hydrogen-bond acceptors (Lipinski definition) is 5. The fourth-order valence-electron chi connectivity index (χ4n) is 2.56. The van der Waals surface area contributed by atoms with Gasteiger partial charge in [-0.2, -0.15) is 0 Å². The number of rotatable bonds is 3. The number of aryl methyl sites for hydroxylation is 1. The van der Waals surface area contributed by atoms with Gasteiger partial charge in [0.2, 0.25) is 5.91 Å². The molecule has 1 aliphatic rings. The SMILES string of the molecule is CC(=O)N1CCO[C@H](c2cccc(Nc3cccc(C)n3)n2)C1. The lowest BCUT2D eigenvalue weighted by atomic mass is 10.2. The summed E-state index contributed by atoms with van der Waals surface area (Å²) in [6, 6.07) is 11.5. The van der Waals surface area contributed by atoms with Crippen LogP contribution in [0.1, 0.15) is 24.4 Å². The number of pyridine rings is 2. The summed E-state index contributed by atoms with van der Waals surface area (Å²) in [7, 11) is 0. The molecule has 0 radical (unpaired) electrons. The van der Waals surface area contributed by atoms with Crippen LogP contribution in [0.3, 0.4) is 0 Å². The van der Waals surface area contributed by atoms with Crippen LogP contribution in [0.4, 0.5) is 11.6 Å². The molecule has 0 saturated carbocycles. The number of carbonyl (C=O) groups excluding carboxylic acids is 1. The Labute approximate surface area is 135 Å². The van der Waals surface area contributed by atoms with Crippen molar-refractivity contribution in [3.63, 3.8) is 0 Å². The second-order valence-electron chi connectivity index (χ2n) is 5.56. The topological polar surface area (TPSA) is 67.3 Å². The number of morpholine rings is 1. The average molecular weight is 312 g/mol. The number of nitrogens with zero attached hydrogens (tertiary/aromatic N) is 3. The molecule has 0 bridgehead atoms. The van der Waals surface area contributed by atoms with E-state index in [9.17, 15) is 4.79 Å². The van der Waals surface area contributed by atoms with Crippen molar-refractivity contribution in [1.29, 1.82) is 0 Å². The van der Waals surface area contributed by atoms with Crippen molar-refractivity contribution in [2.24, 2.45) is 0 Å². The molecule has 1 aliphatic heterocycles. The third kappa shape index (κ3) is 3.84. The van der Waals surface area contributed by atoms with Crippen LogP contribution in [0, 0.1) is 6.92 Å². The molecule has 6 nitrogen and oxygen atoms in total. The second kappa shape index (κ2) is 6.75. The van der Waals surface area contributed by atoms with Crippen LogP contribution in [-0.2, 0) is 9.53 Å². The van der Waals surface area contributed by atoms with Gasteiger partial charge in [0.25, 0.3) is 0 Å². The maximum absolute atomic E-state index is 11.5. The van der Waals surface area contributed by atoms with Crippen molar-refractivity contribution >= 4 is 17.5 Å². The highest BCUT2D eigenvalue weighted by Crippen LogP contribution is 2.22. The maximum Gasteiger partial charge on any atom is 0.219 e. The van der Waals surface area contributed by atoms with Crippen LogP contribution >= 0.6 is 0 Å². The van der Waals surface area contributed by atoms with Gasteiger partial charge in [0, 0.05) is 19.2 Å². The number of ether oxygens (including phenoxy) is 1. The minimum atomic E-state index is -0.195. The number of aromatic nitrogens is 2. The van der Waals surface area contributed by atoms with E-state index in [0.717, 1.165) is 17.2 Å². The van der Waals surface area contributed by atoms with Crippen LogP contribution in [0.15, 0.2) is 36.4 Å². The average Bonchev–Trinajstić information content (AvgIpc) is 2.55. The van der Waals surface area contributed by atoms with E-state index in [2.05, 4.69) is 15.3 Å². The van der Waals surface area contributed by atoms with Crippen molar-refractivity contribution in [2.75, 3.05) is 25.0 Å². The summed E-state index contributed by atoms with van der Waals surface area (Å²) in [6.45, 7) is 5.23. The van der Waals surface area contributed by atoms with Gasteiger partial charge in [-0.15, -0.1) is 0 Å². The van der Waals surface area contributed by atoms with E-state index in [0.29, 0.717) is 25.5 Å².